The largest absolute Gasteiger partial charge is 0.378 e. The van der Waals surface area contributed by atoms with Gasteiger partial charge in [0.1, 0.15) is 5.82 Å². The smallest absolute Gasteiger partial charge is 0.227 e. The molecule has 24 heavy (non-hydrogen) atoms. The van der Waals surface area contributed by atoms with Crippen LogP contribution in [-0.4, -0.2) is 67.4 Å². The number of anilines is 2. The molecular weight excluding hydrogens is 302 g/mol. The number of aromatic nitrogens is 2. The maximum Gasteiger partial charge on any atom is 0.227 e. The third kappa shape index (κ3) is 3.22. The fraction of sp³-hybridized carbons (Fsp3) is 0.778. The Balaban J connectivity index is 1.67. The molecule has 6 nitrogen and oxygen atoms in total. The van der Waals surface area contributed by atoms with E-state index in [0.717, 1.165) is 64.9 Å². The van der Waals surface area contributed by atoms with Crippen molar-refractivity contribution in [3.8, 4) is 0 Å². The number of fused-ring (bicyclic) bond motifs is 1. The molecule has 2 saturated heterocycles. The molecule has 2 fully saturated rings. The van der Waals surface area contributed by atoms with Gasteiger partial charge in [0.2, 0.25) is 5.95 Å². The minimum absolute atomic E-state index is 0.782. The Morgan fingerprint density at radius 1 is 0.958 bits per heavy atom. The van der Waals surface area contributed by atoms with Gasteiger partial charge in [-0.2, -0.15) is 4.98 Å². The van der Waals surface area contributed by atoms with Gasteiger partial charge in [-0.05, 0) is 25.8 Å². The second-order valence-electron chi connectivity index (χ2n) is 7.09. The van der Waals surface area contributed by atoms with E-state index < -0.39 is 0 Å². The molecule has 0 bridgehead atoms. The van der Waals surface area contributed by atoms with E-state index in [-0.39, 0.29) is 0 Å². The van der Waals surface area contributed by atoms with Crippen molar-refractivity contribution in [2.75, 3.05) is 62.3 Å². The van der Waals surface area contributed by atoms with Gasteiger partial charge in [-0.3, -0.25) is 4.90 Å². The van der Waals surface area contributed by atoms with Crippen molar-refractivity contribution < 1.29 is 4.74 Å². The molecule has 0 atom stereocenters. The van der Waals surface area contributed by atoms with Crippen molar-refractivity contribution in [1.82, 2.24) is 14.9 Å². The van der Waals surface area contributed by atoms with E-state index in [1.165, 1.54) is 42.9 Å². The molecule has 3 aliphatic rings. The lowest BCUT2D eigenvalue weighted by Gasteiger charge is -2.33. The SMILES string of the molecule is CCCN1CCc2nc(N3CCOCC3)nc(N3CCCC3)c2C1. The summed E-state index contributed by atoms with van der Waals surface area (Å²) >= 11 is 0. The molecular formula is C18H29N5O. The molecule has 4 heterocycles. The van der Waals surface area contributed by atoms with Crippen LogP contribution in [0.2, 0.25) is 0 Å². The van der Waals surface area contributed by atoms with E-state index in [1.807, 2.05) is 0 Å². The summed E-state index contributed by atoms with van der Waals surface area (Å²) in [7, 11) is 0. The number of hydrogen-bond acceptors (Lipinski definition) is 6. The summed E-state index contributed by atoms with van der Waals surface area (Å²) in [6, 6.07) is 0. The minimum Gasteiger partial charge on any atom is -0.378 e. The molecule has 3 aliphatic heterocycles. The summed E-state index contributed by atoms with van der Waals surface area (Å²) in [5, 5.41) is 0. The van der Waals surface area contributed by atoms with Gasteiger partial charge in [0.25, 0.3) is 0 Å². The predicted molar refractivity (Wildman–Crippen MR) is 95.8 cm³/mol. The van der Waals surface area contributed by atoms with Crippen LogP contribution in [0.25, 0.3) is 0 Å². The lowest BCUT2D eigenvalue weighted by Crippen LogP contribution is -2.39. The lowest BCUT2D eigenvalue weighted by molar-refractivity contribution is 0.122. The average Bonchev–Trinajstić information content (AvgIpc) is 3.16. The minimum atomic E-state index is 0.782. The Labute approximate surface area is 144 Å². The number of rotatable bonds is 4. The maximum absolute atomic E-state index is 5.49. The number of hydrogen-bond donors (Lipinski definition) is 0. The zero-order chi connectivity index (χ0) is 16.4. The third-order valence-corrected chi connectivity index (χ3v) is 5.35. The Bertz CT molecular complexity index is 567. The molecule has 0 unspecified atom stereocenters. The zero-order valence-electron chi connectivity index (χ0n) is 14.8. The summed E-state index contributed by atoms with van der Waals surface area (Å²) in [4.78, 5) is 17.3. The van der Waals surface area contributed by atoms with E-state index >= 15 is 0 Å². The molecule has 6 heteroatoms. The van der Waals surface area contributed by atoms with Crippen LogP contribution in [-0.2, 0) is 17.7 Å². The highest BCUT2D eigenvalue weighted by molar-refractivity contribution is 5.54. The molecule has 0 amide bonds. The Kier molecular flexibility index (Phi) is 4.85. The van der Waals surface area contributed by atoms with Crippen LogP contribution in [0.3, 0.4) is 0 Å². The van der Waals surface area contributed by atoms with Crippen molar-refractivity contribution in [2.24, 2.45) is 0 Å². The van der Waals surface area contributed by atoms with E-state index in [2.05, 4.69) is 21.6 Å². The standard InChI is InChI=1S/C18H29N5O/c1-2-6-21-9-5-16-15(14-21)17(22-7-3-4-8-22)20-18(19-16)23-10-12-24-13-11-23/h2-14H2,1H3. The third-order valence-electron chi connectivity index (χ3n) is 5.35. The second kappa shape index (κ2) is 7.23. The van der Waals surface area contributed by atoms with Gasteiger partial charge >= 0.3 is 0 Å². The highest BCUT2D eigenvalue weighted by atomic mass is 16.5. The highest BCUT2D eigenvalue weighted by Crippen LogP contribution is 2.31. The Morgan fingerprint density at radius 2 is 1.75 bits per heavy atom. The summed E-state index contributed by atoms with van der Waals surface area (Å²) in [5.41, 5.74) is 2.66. The van der Waals surface area contributed by atoms with Crippen molar-refractivity contribution in [1.29, 1.82) is 0 Å². The predicted octanol–water partition coefficient (Wildman–Crippen LogP) is 1.68. The second-order valence-corrected chi connectivity index (χ2v) is 7.09. The number of morpholine rings is 1. The van der Waals surface area contributed by atoms with Gasteiger partial charge in [0.05, 0.1) is 18.9 Å². The van der Waals surface area contributed by atoms with Gasteiger partial charge in [0.15, 0.2) is 0 Å². The molecule has 0 aliphatic carbocycles. The van der Waals surface area contributed by atoms with Crippen LogP contribution in [0, 0.1) is 0 Å². The fourth-order valence-electron chi connectivity index (χ4n) is 4.04. The van der Waals surface area contributed by atoms with E-state index in [0.29, 0.717) is 0 Å². The van der Waals surface area contributed by atoms with Gasteiger partial charge in [-0.25, -0.2) is 4.98 Å². The summed E-state index contributed by atoms with van der Waals surface area (Å²) < 4.78 is 5.49. The van der Waals surface area contributed by atoms with Crippen LogP contribution in [0.1, 0.15) is 37.4 Å². The molecule has 1 aromatic heterocycles. The molecule has 0 aromatic carbocycles. The molecule has 0 spiro atoms. The summed E-state index contributed by atoms with van der Waals surface area (Å²) in [6.07, 6.45) is 4.83. The quantitative estimate of drug-likeness (QED) is 0.836. The first-order chi connectivity index (χ1) is 11.8. The van der Waals surface area contributed by atoms with E-state index in [4.69, 9.17) is 14.7 Å². The maximum atomic E-state index is 5.49. The van der Waals surface area contributed by atoms with Crippen molar-refractivity contribution in [3.63, 3.8) is 0 Å². The summed E-state index contributed by atoms with van der Waals surface area (Å²) in [5.74, 6) is 2.13. The van der Waals surface area contributed by atoms with Crippen LogP contribution >= 0.6 is 0 Å². The first-order valence-corrected chi connectivity index (χ1v) is 9.55. The Morgan fingerprint density at radius 3 is 2.50 bits per heavy atom. The molecule has 132 valence electrons. The van der Waals surface area contributed by atoms with Gasteiger partial charge < -0.3 is 14.5 Å². The molecule has 0 N–H and O–H groups in total. The van der Waals surface area contributed by atoms with Gasteiger partial charge in [-0.1, -0.05) is 6.92 Å². The number of ether oxygens (including phenoxy) is 1. The Hall–Kier alpha value is -1.40. The van der Waals surface area contributed by atoms with Crippen molar-refractivity contribution in [3.05, 3.63) is 11.3 Å². The van der Waals surface area contributed by atoms with Crippen LogP contribution < -0.4 is 9.80 Å². The van der Waals surface area contributed by atoms with Gasteiger partial charge in [-0.15, -0.1) is 0 Å². The van der Waals surface area contributed by atoms with Crippen molar-refractivity contribution >= 4 is 11.8 Å². The van der Waals surface area contributed by atoms with Crippen LogP contribution in [0.15, 0.2) is 0 Å². The van der Waals surface area contributed by atoms with Crippen molar-refractivity contribution in [2.45, 2.75) is 39.2 Å². The molecule has 0 radical (unpaired) electrons. The molecule has 0 saturated carbocycles. The van der Waals surface area contributed by atoms with E-state index in [9.17, 15) is 0 Å². The first kappa shape index (κ1) is 16.1. The lowest BCUT2D eigenvalue weighted by atomic mass is 10.1. The van der Waals surface area contributed by atoms with Gasteiger partial charge in [0, 0.05) is 51.3 Å². The zero-order valence-corrected chi connectivity index (χ0v) is 14.8. The first-order valence-electron chi connectivity index (χ1n) is 9.55. The van der Waals surface area contributed by atoms with Crippen LogP contribution in [0.4, 0.5) is 11.8 Å². The normalized spacial score (nSPS) is 22.0. The molecule has 4 rings (SSSR count). The number of nitrogens with zero attached hydrogens (tertiary/aromatic N) is 5. The fourth-order valence-corrected chi connectivity index (χ4v) is 4.04. The topological polar surface area (TPSA) is 44.7 Å². The highest BCUT2D eigenvalue weighted by Gasteiger charge is 2.27. The van der Waals surface area contributed by atoms with Crippen LogP contribution in [0.5, 0.6) is 0 Å². The molecule has 1 aromatic rings. The summed E-state index contributed by atoms with van der Waals surface area (Å²) in [6.45, 7) is 11.2. The monoisotopic (exact) mass is 331 g/mol. The average molecular weight is 331 g/mol. The van der Waals surface area contributed by atoms with E-state index in [1.54, 1.807) is 0 Å².